The summed E-state index contributed by atoms with van der Waals surface area (Å²) >= 11 is 5.87. The second kappa shape index (κ2) is 18.1. The van der Waals surface area contributed by atoms with E-state index in [1.807, 2.05) is 69.2 Å². The van der Waals surface area contributed by atoms with Gasteiger partial charge in [-0.3, -0.25) is 24.3 Å². The van der Waals surface area contributed by atoms with Crippen molar-refractivity contribution in [1.82, 2.24) is 44.8 Å². The minimum Gasteiger partial charge on any atom is -0.384 e. The first-order chi connectivity index (χ1) is 25.4. The van der Waals surface area contributed by atoms with Gasteiger partial charge in [0.05, 0.1) is 41.0 Å². The van der Waals surface area contributed by atoms with Gasteiger partial charge >= 0.3 is 0 Å². The number of ether oxygens (including phenoxy) is 1. The van der Waals surface area contributed by atoms with Crippen LogP contribution >= 0.6 is 11.6 Å². The molecule has 6 aromatic rings. The number of rotatable bonds is 10. The summed E-state index contributed by atoms with van der Waals surface area (Å²) in [7, 11) is 2.71. The van der Waals surface area contributed by atoms with Crippen LogP contribution in [0.25, 0.3) is 44.3 Å². The fraction of sp³-hybridized carbons (Fsp3) is 0.243. The van der Waals surface area contributed by atoms with E-state index in [4.69, 9.17) is 27.8 Å². The number of amidine groups is 2. The van der Waals surface area contributed by atoms with Gasteiger partial charge in [0.2, 0.25) is 0 Å². The third-order valence-electron chi connectivity index (χ3n) is 7.57. The van der Waals surface area contributed by atoms with E-state index in [9.17, 15) is 0 Å². The molecule has 0 radical (unpaired) electrons. The first-order valence-corrected chi connectivity index (χ1v) is 21.0. The molecule has 14 nitrogen and oxygen atoms in total. The lowest BCUT2D eigenvalue weighted by Gasteiger charge is -2.15. The molecule has 0 aromatic carbocycles. The van der Waals surface area contributed by atoms with Gasteiger partial charge in [0.25, 0.3) is 0 Å². The second-order valence-electron chi connectivity index (χ2n) is 13.2. The van der Waals surface area contributed by atoms with Crippen molar-refractivity contribution in [2.24, 2.45) is 35.5 Å². The molecule has 1 aliphatic heterocycles. The van der Waals surface area contributed by atoms with Gasteiger partial charge in [0.15, 0.2) is 5.82 Å². The summed E-state index contributed by atoms with van der Waals surface area (Å²) in [6.07, 6.45) is 18.3. The largest absolute Gasteiger partial charge is 0.384 e. The number of fused-ring (bicyclic) bond motifs is 2. The van der Waals surface area contributed by atoms with Crippen LogP contribution in [0.3, 0.4) is 0 Å². The number of nitrogens with one attached hydrogen (secondary N) is 1. The van der Waals surface area contributed by atoms with Crippen LogP contribution in [-0.2, 0) is 18.8 Å². The van der Waals surface area contributed by atoms with E-state index in [0.29, 0.717) is 29.4 Å². The highest BCUT2D eigenvalue weighted by Gasteiger charge is 2.11. The van der Waals surface area contributed by atoms with E-state index in [2.05, 4.69) is 65.1 Å². The van der Waals surface area contributed by atoms with E-state index in [0.717, 1.165) is 63.5 Å². The summed E-state index contributed by atoms with van der Waals surface area (Å²) in [6.45, 7) is 8.99. The van der Waals surface area contributed by atoms with Gasteiger partial charge in [-0.25, -0.2) is 15.0 Å². The zero-order chi connectivity index (χ0) is 37.8. The van der Waals surface area contributed by atoms with Crippen molar-refractivity contribution in [3.63, 3.8) is 0 Å². The summed E-state index contributed by atoms with van der Waals surface area (Å²) in [5.74, 6) is 1.53. The van der Waals surface area contributed by atoms with Gasteiger partial charge < -0.3 is 21.5 Å². The lowest BCUT2D eigenvalue weighted by Crippen LogP contribution is -2.23. The van der Waals surface area contributed by atoms with Crippen LogP contribution in [0.1, 0.15) is 0 Å². The van der Waals surface area contributed by atoms with E-state index in [1.165, 1.54) is 0 Å². The molecular formula is C37H44ClN13OSi. The number of hydrogen-bond acceptors (Lipinski definition) is 11. The maximum absolute atomic E-state index is 5.99. The lowest BCUT2D eigenvalue weighted by molar-refractivity contribution is 0.137. The molecule has 0 saturated heterocycles. The molecule has 53 heavy (non-hydrogen) atoms. The molecule has 5 N–H and O–H groups in total. The number of aromatic nitrogens is 8. The number of hydrogen-bond donors (Lipinski definition) is 3. The van der Waals surface area contributed by atoms with Crippen molar-refractivity contribution in [2.75, 3.05) is 19.9 Å². The van der Waals surface area contributed by atoms with E-state index < -0.39 is 8.07 Å². The average Bonchev–Trinajstić information content (AvgIpc) is 3.90. The van der Waals surface area contributed by atoms with E-state index in [-0.39, 0.29) is 0 Å². The highest BCUT2D eigenvalue weighted by Crippen LogP contribution is 2.24. The van der Waals surface area contributed by atoms with Gasteiger partial charge in [-0.1, -0.05) is 37.3 Å². The predicted octanol–water partition coefficient (Wildman–Crippen LogP) is 6.03. The topological polar surface area (TPSA) is 185 Å². The highest BCUT2D eigenvalue weighted by molar-refractivity contribution is 6.76. The fourth-order valence-electron chi connectivity index (χ4n) is 4.75. The van der Waals surface area contributed by atoms with E-state index in [1.54, 1.807) is 52.2 Å². The highest BCUT2D eigenvalue weighted by atomic mass is 35.5. The molecule has 0 saturated carbocycles. The van der Waals surface area contributed by atoms with Crippen molar-refractivity contribution in [3.8, 4) is 22.3 Å². The maximum atomic E-state index is 5.99. The second-order valence-corrected chi connectivity index (χ2v) is 19.2. The van der Waals surface area contributed by atoms with Gasteiger partial charge in [-0.15, -0.1) is 0 Å². The molecule has 0 unspecified atom stereocenters. The Bertz CT molecular complexity index is 2270. The molecule has 1 aliphatic rings. The Balaban J connectivity index is 0.000000194. The molecule has 0 aliphatic carbocycles. The van der Waals surface area contributed by atoms with Crippen molar-refractivity contribution in [3.05, 3.63) is 103 Å². The minimum atomic E-state index is -1.05. The molecule has 274 valence electrons. The van der Waals surface area contributed by atoms with Crippen LogP contribution in [-0.4, -0.2) is 79.1 Å². The number of aliphatic imine (C=N–C) groups is 2. The molecule has 0 atom stereocenters. The van der Waals surface area contributed by atoms with Crippen molar-refractivity contribution >= 4 is 59.2 Å². The summed E-state index contributed by atoms with van der Waals surface area (Å²) in [5, 5.41) is 11.9. The lowest BCUT2D eigenvalue weighted by atomic mass is 10.1. The van der Waals surface area contributed by atoms with Crippen molar-refractivity contribution in [1.29, 1.82) is 0 Å². The Morgan fingerprint density at radius 1 is 0.887 bits per heavy atom. The van der Waals surface area contributed by atoms with Gasteiger partial charge in [0, 0.05) is 82.0 Å². The number of aryl methyl sites for hydroxylation is 2. The average molecular weight is 750 g/mol. The molecule has 16 heteroatoms. The van der Waals surface area contributed by atoms with Crippen LogP contribution in [0, 0.1) is 0 Å². The van der Waals surface area contributed by atoms with Crippen LogP contribution < -0.4 is 16.8 Å². The van der Waals surface area contributed by atoms with Crippen LogP contribution in [0.2, 0.25) is 30.8 Å². The van der Waals surface area contributed by atoms with Gasteiger partial charge in [-0.2, -0.15) is 10.2 Å². The third-order valence-corrected chi connectivity index (χ3v) is 9.48. The Hall–Kier alpha value is -5.77. The van der Waals surface area contributed by atoms with E-state index >= 15 is 0 Å². The Morgan fingerprint density at radius 3 is 2.04 bits per heavy atom. The molecule has 7 rings (SSSR count). The monoisotopic (exact) mass is 749 g/mol. The number of halogens is 1. The molecule has 0 bridgehead atoms. The zero-order valence-electron chi connectivity index (χ0n) is 30.5. The van der Waals surface area contributed by atoms with Gasteiger partial charge in [-0.05, 0) is 54.6 Å². The standard InChI is InChI=1S/C21H29N7OSi.C12H9ClN4.C4H6N2/c1-28-14-17(13-25-28)16-11-19-18(24-12-16)5-6-21(26-19)27-20(22)7-8-23-15-29-9-10-30(2,3)4;1-17-7-9(6-15-17)8-4-11-10(14-5-8)2-3-12(13)16-11;5-4-2-1-3-6-4/h5-8,11-14,23H,9-10,15H2,1-4H3,(H2,22,26,27);2-7H,1H3;1-2H,3H2,(H2,5,6)/b8-7-;;. The number of nitrogens with zero attached hydrogens (tertiary/aromatic N) is 10. The Kier molecular flexibility index (Phi) is 13.2. The summed E-state index contributed by atoms with van der Waals surface area (Å²) in [6, 6.07) is 12.4. The zero-order valence-corrected chi connectivity index (χ0v) is 32.2. The number of nitrogens with two attached hydrogens (primary N) is 2. The summed E-state index contributed by atoms with van der Waals surface area (Å²) in [4.78, 5) is 25.8. The number of pyridine rings is 4. The summed E-state index contributed by atoms with van der Waals surface area (Å²) in [5.41, 5.74) is 18.3. The van der Waals surface area contributed by atoms with Crippen LogP contribution in [0.5, 0.6) is 0 Å². The third kappa shape index (κ3) is 12.2. The Morgan fingerprint density at radius 2 is 1.51 bits per heavy atom. The quantitative estimate of drug-likeness (QED) is 0.0373. The Labute approximate surface area is 314 Å². The first-order valence-electron chi connectivity index (χ1n) is 16.9. The molecule has 7 heterocycles. The summed E-state index contributed by atoms with van der Waals surface area (Å²) < 4.78 is 9.08. The van der Waals surface area contributed by atoms with Crippen molar-refractivity contribution < 1.29 is 4.74 Å². The predicted molar refractivity (Wildman–Crippen MR) is 217 cm³/mol. The molecule has 0 spiro atoms. The fourth-order valence-corrected chi connectivity index (χ4v) is 5.66. The first kappa shape index (κ1) is 38.5. The normalized spacial score (nSPS) is 12.8. The smallest absolute Gasteiger partial charge is 0.155 e. The minimum absolute atomic E-state index is 0.354. The SMILES string of the molecule is Cn1cc(-c2cnc3ccc(Cl)nc3c2)cn1.Cn1cc(-c2cnc3ccc(N=C(N)/C=C\NCOCC[Si](C)(C)C)nc3c2)cn1.NC1=NCC=C1. The van der Waals surface area contributed by atoms with Gasteiger partial charge in [0.1, 0.15) is 23.6 Å². The molecule has 0 amide bonds. The van der Waals surface area contributed by atoms with Crippen LogP contribution in [0.15, 0.2) is 108 Å². The molecule has 6 aromatic heterocycles. The van der Waals surface area contributed by atoms with Crippen molar-refractivity contribution in [2.45, 2.75) is 25.7 Å². The molecular weight excluding hydrogens is 706 g/mol. The maximum Gasteiger partial charge on any atom is 0.155 e. The van der Waals surface area contributed by atoms with Crippen LogP contribution in [0.4, 0.5) is 5.82 Å². The molecule has 0 fully saturated rings.